The lowest BCUT2D eigenvalue weighted by Gasteiger charge is -2.34. The summed E-state index contributed by atoms with van der Waals surface area (Å²) >= 11 is 3.49. The fraction of sp³-hybridized carbons (Fsp3) is 0.214. The Kier molecular flexibility index (Phi) is 6.35. The van der Waals surface area contributed by atoms with Crippen LogP contribution in [-0.4, -0.2) is 33.6 Å². The number of nitrogens with zero attached hydrogens (tertiary/aromatic N) is 2. The van der Waals surface area contributed by atoms with Crippen molar-refractivity contribution < 1.29 is 9.90 Å². The summed E-state index contributed by atoms with van der Waals surface area (Å²) in [5.41, 5.74) is 2.48. The second-order valence-corrected chi connectivity index (χ2v) is 9.67. The minimum Gasteiger partial charge on any atom is -0.477 e. The van der Waals surface area contributed by atoms with Gasteiger partial charge < -0.3 is 5.11 Å². The summed E-state index contributed by atoms with van der Waals surface area (Å²) in [7, 11) is 0. The van der Waals surface area contributed by atoms with Crippen LogP contribution in [0.25, 0.3) is 21.9 Å². The molecule has 0 radical (unpaired) electrons. The maximum absolute atomic E-state index is 13.7. The molecule has 0 unspecified atom stereocenters. The van der Waals surface area contributed by atoms with E-state index in [1.165, 1.54) is 5.56 Å². The van der Waals surface area contributed by atoms with Gasteiger partial charge in [-0.1, -0.05) is 76.6 Å². The first-order valence-corrected chi connectivity index (χ1v) is 12.2. The van der Waals surface area contributed by atoms with Crippen LogP contribution in [0.15, 0.2) is 88.1 Å². The molecule has 1 N–H and O–H groups in total. The Balaban J connectivity index is 1.60. The Labute approximate surface area is 206 Å². The summed E-state index contributed by atoms with van der Waals surface area (Å²) in [5, 5.41) is 11.6. The van der Waals surface area contributed by atoms with Crippen molar-refractivity contribution in [3.05, 3.63) is 105 Å². The fourth-order valence-corrected chi connectivity index (χ4v) is 5.38. The number of rotatable bonds is 5. The smallest absolute Gasteiger partial charge is 0.353 e. The van der Waals surface area contributed by atoms with Crippen LogP contribution >= 0.6 is 15.9 Å². The normalized spacial score (nSPS) is 15.0. The van der Waals surface area contributed by atoms with Gasteiger partial charge >= 0.3 is 5.97 Å². The molecule has 3 aromatic carbocycles. The third-order valence-corrected chi connectivity index (χ3v) is 7.11. The Morgan fingerprint density at radius 1 is 0.912 bits per heavy atom. The number of carboxylic acid groups (broad SMARTS) is 1. The highest BCUT2D eigenvalue weighted by Gasteiger charge is 2.29. The van der Waals surface area contributed by atoms with E-state index in [2.05, 4.69) is 33.0 Å². The Bertz CT molecular complexity index is 1390. The third-order valence-electron chi connectivity index (χ3n) is 6.61. The summed E-state index contributed by atoms with van der Waals surface area (Å²) < 4.78 is 2.36. The second-order valence-electron chi connectivity index (χ2n) is 8.75. The minimum absolute atomic E-state index is 0.0725. The van der Waals surface area contributed by atoms with Gasteiger partial charge in [-0.05, 0) is 47.6 Å². The molecular weight excluding hydrogens is 492 g/mol. The van der Waals surface area contributed by atoms with Gasteiger partial charge in [0.2, 0.25) is 0 Å². The number of piperidine rings is 1. The molecule has 0 saturated carbocycles. The quantitative estimate of drug-likeness (QED) is 0.355. The van der Waals surface area contributed by atoms with Gasteiger partial charge in [0.1, 0.15) is 5.69 Å². The Morgan fingerprint density at radius 2 is 1.56 bits per heavy atom. The highest BCUT2D eigenvalue weighted by atomic mass is 79.9. The van der Waals surface area contributed by atoms with Gasteiger partial charge in [0.05, 0.1) is 0 Å². The van der Waals surface area contributed by atoms with Gasteiger partial charge in [-0.3, -0.25) is 14.3 Å². The highest BCUT2D eigenvalue weighted by molar-refractivity contribution is 9.10. The van der Waals surface area contributed by atoms with Crippen molar-refractivity contribution in [2.24, 2.45) is 0 Å². The van der Waals surface area contributed by atoms with E-state index in [9.17, 15) is 14.7 Å². The molecule has 0 bridgehead atoms. The molecule has 172 valence electrons. The number of aromatic nitrogens is 1. The first-order chi connectivity index (χ1) is 16.5. The molecule has 0 atom stereocenters. The molecule has 0 spiro atoms. The SMILES string of the molecule is O=C(O)c1c(-c2ccccc2)c2cc(Br)ccc2c(=O)n1C1CCN(Cc2ccccc2)CC1. The molecule has 1 aliphatic rings. The second kappa shape index (κ2) is 9.57. The average Bonchev–Trinajstić information content (AvgIpc) is 2.85. The summed E-state index contributed by atoms with van der Waals surface area (Å²) in [5.74, 6) is -1.08. The van der Waals surface area contributed by atoms with Gasteiger partial charge in [-0.25, -0.2) is 4.79 Å². The summed E-state index contributed by atoms with van der Waals surface area (Å²) in [6, 6.07) is 25.1. The van der Waals surface area contributed by atoms with Crippen molar-refractivity contribution in [1.82, 2.24) is 9.47 Å². The van der Waals surface area contributed by atoms with E-state index in [4.69, 9.17) is 0 Å². The molecule has 4 aromatic rings. The van der Waals surface area contributed by atoms with E-state index in [0.29, 0.717) is 16.3 Å². The monoisotopic (exact) mass is 516 g/mol. The van der Waals surface area contributed by atoms with Gasteiger partial charge in [-0.15, -0.1) is 0 Å². The first-order valence-electron chi connectivity index (χ1n) is 11.5. The minimum atomic E-state index is -1.08. The number of carboxylic acids is 1. The lowest BCUT2D eigenvalue weighted by atomic mass is 9.94. The summed E-state index contributed by atoms with van der Waals surface area (Å²) in [6.45, 7) is 2.48. The van der Waals surface area contributed by atoms with Crippen molar-refractivity contribution in [2.45, 2.75) is 25.4 Å². The molecular formula is C28H25BrN2O3. The van der Waals surface area contributed by atoms with E-state index in [-0.39, 0.29) is 17.3 Å². The van der Waals surface area contributed by atoms with E-state index >= 15 is 0 Å². The lowest BCUT2D eigenvalue weighted by Crippen LogP contribution is -2.39. The zero-order valence-electron chi connectivity index (χ0n) is 18.7. The Hall–Kier alpha value is -3.22. The zero-order valence-corrected chi connectivity index (χ0v) is 20.2. The van der Waals surface area contributed by atoms with Crippen LogP contribution in [0.1, 0.15) is 34.9 Å². The Morgan fingerprint density at radius 3 is 2.21 bits per heavy atom. The van der Waals surface area contributed by atoms with Crippen molar-refractivity contribution in [2.75, 3.05) is 13.1 Å². The number of carbonyl (C=O) groups is 1. The topological polar surface area (TPSA) is 62.5 Å². The molecule has 1 fully saturated rings. The van der Waals surface area contributed by atoms with Crippen LogP contribution in [0.5, 0.6) is 0 Å². The number of aromatic carboxylic acids is 1. The first kappa shape index (κ1) is 22.6. The van der Waals surface area contributed by atoms with Crippen molar-refractivity contribution in [1.29, 1.82) is 0 Å². The van der Waals surface area contributed by atoms with E-state index < -0.39 is 5.97 Å². The van der Waals surface area contributed by atoms with E-state index in [1.54, 1.807) is 10.6 Å². The highest BCUT2D eigenvalue weighted by Crippen LogP contribution is 2.35. The van der Waals surface area contributed by atoms with Crippen LogP contribution < -0.4 is 5.56 Å². The summed E-state index contributed by atoms with van der Waals surface area (Å²) in [4.78, 5) is 28.7. The molecule has 1 aromatic heterocycles. The number of hydrogen-bond acceptors (Lipinski definition) is 3. The molecule has 5 nitrogen and oxygen atoms in total. The van der Waals surface area contributed by atoms with Crippen molar-refractivity contribution in [3.8, 4) is 11.1 Å². The molecule has 34 heavy (non-hydrogen) atoms. The largest absolute Gasteiger partial charge is 0.477 e. The number of benzene rings is 3. The van der Waals surface area contributed by atoms with Crippen LogP contribution in [0.4, 0.5) is 0 Å². The molecule has 6 heteroatoms. The van der Waals surface area contributed by atoms with Crippen LogP contribution in [0.3, 0.4) is 0 Å². The lowest BCUT2D eigenvalue weighted by molar-refractivity contribution is 0.0677. The zero-order chi connectivity index (χ0) is 23.7. The predicted octanol–water partition coefficient (Wildman–Crippen LogP) is 5.97. The van der Waals surface area contributed by atoms with Gasteiger partial charge in [0.25, 0.3) is 5.56 Å². The van der Waals surface area contributed by atoms with Crippen LogP contribution in [0.2, 0.25) is 0 Å². The van der Waals surface area contributed by atoms with Gasteiger partial charge in [0, 0.05) is 41.1 Å². The predicted molar refractivity (Wildman–Crippen MR) is 138 cm³/mol. The van der Waals surface area contributed by atoms with Crippen molar-refractivity contribution in [3.63, 3.8) is 0 Å². The standard InChI is InChI=1S/C28H25BrN2O3/c29-21-11-12-23-24(17-21)25(20-9-5-2-6-10-20)26(28(33)34)31(27(23)32)22-13-15-30(16-14-22)18-19-7-3-1-4-8-19/h1-12,17,22H,13-16,18H2,(H,33,34). The van der Waals surface area contributed by atoms with Crippen molar-refractivity contribution >= 4 is 32.7 Å². The van der Waals surface area contributed by atoms with E-state index in [1.807, 2.05) is 60.7 Å². The maximum Gasteiger partial charge on any atom is 0.353 e. The van der Waals surface area contributed by atoms with Crippen LogP contribution in [0, 0.1) is 0 Å². The van der Waals surface area contributed by atoms with Gasteiger partial charge in [-0.2, -0.15) is 0 Å². The number of likely N-dealkylation sites (tertiary alicyclic amines) is 1. The molecule has 5 rings (SSSR count). The maximum atomic E-state index is 13.7. The number of fused-ring (bicyclic) bond motifs is 1. The molecule has 2 heterocycles. The third kappa shape index (κ3) is 4.31. The number of pyridine rings is 1. The summed E-state index contributed by atoms with van der Waals surface area (Å²) in [6.07, 6.45) is 1.45. The van der Waals surface area contributed by atoms with Gasteiger partial charge in [0.15, 0.2) is 0 Å². The average molecular weight is 517 g/mol. The molecule has 1 aliphatic heterocycles. The molecule has 1 saturated heterocycles. The number of halogens is 1. The number of hydrogen-bond donors (Lipinski definition) is 1. The van der Waals surface area contributed by atoms with E-state index in [0.717, 1.165) is 42.5 Å². The van der Waals surface area contributed by atoms with Crippen LogP contribution in [-0.2, 0) is 6.54 Å². The fourth-order valence-electron chi connectivity index (χ4n) is 5.02. The molecule has 0 amide bonds. The molecule has 0 aliphatic carbocycles.